The molecule has 0 aliphatic carbocycles. The predicted molar refractivity (Wildman–Crippen MR) is 97.3 cm³/mol. The van der Waals surface area contributed by atoms with Gasteiger partial charge in [-0.05, 0) is 42.0 Å². The Hall–Kier alpha value is -1.89. The van der Waals surface area contributed by atoms with E-state index >= 15 is 0 Å². The highest BCUT2D eigenvalue weighted by Gasteiger charge is 2.11. The largest absolute Gasteiger partial charge is 0.357 e. The Morgan fingerprint density at radius 1 is 1.08 bits per heavy atom. The number of rotatable bonds is 4. The molecule has 0 atom stereocenters. The molecule has 1 amide bonds. The summed E-state index contributed by atoms with van der Waals surface area (Å²) in [5.74, 6) is -0.987. The van der Waals surface area contributed by atoms with Gasteiger partial charge in [0.25, 0.3) is 0 Å². The third-order valence-electron chi connectivity index (χ3n) is 3.08. The summed E-state index contributed by atoms with van der Waals surface area (Å²) in [5.41, 5.74) is 6.06. The van der Waals surface area contributed by atoms with E-state index in [0.29, 0.717) is 11.6 Å². The zero-order valence-electron chi connectivity index (χ0n) is 12.4. The fourth-order valence-electron chi connectivity index (χ4n) is 1.86. The Kier molecular flexibility index (Phi) is 6.78. The predicted octanol–water partition coefficient (Wildman–Crippen LogP) is 3.37. The SMILES string of the molecule is O=C(Cc1c(F)cccc1Cl)NNC(=S)NCc1ccc(Cl)cc1. The van der Waals surface area contributed by atoms with Gasteiger partial charge in [-0.15, -0.1) is 0 Å². The van der Waals surface area contributed by atoms with Crippen LogP contribution in [0.3, 0.4) is 0 Å². The van der Waals surface area contributed by atoms with E-state index in [1.54, 1.807) is 12.1 Å². The fraction of sp³-hybridized carbons (Fsp3) is 0.125. The molecule has 8 heteroatoms. The first-order valence-corrected chi connectivity index (χ1v) is 8.12. The highest BCUT2D eigenvalue weighted by Crippen LogP contribution is 2.19. The summed E-state index contributed by atoms with van der Waals surface area (Å²) in [6.07, 6.45) is -0.196. The zero-order chi connectivity index (χ0) is 17.5. The van der Waals surface area contributed by atoms with Crippen molar-refractivity contribution in [3.05, 3.63) is 69.5 Å². The third kappa shape index (κ3) is 5.63. The number of carbonyl (C=O) groups excluding carboxylic acids is 1. The molecule has 2 rings (SSSR count). The van der Waals surface area contributed by atoms with Crippen molar-refractivity contribution in [1.29, 1.82) is 0 Å². The lowest BCUT2D eigenvalue weighted by Gasteiger charge is -2.12. The van der Waals surface area contributed by atoms with E-state index in [-0.39, 0.29) is 22.1 Å². The summed E-state index contributed by atoms with van der Waals surface area (Å²) < 4.78 is 13.6. The number of hydrogen-bond donors (Lipinski definition) is 3. The Morgan fingerprint density at radius 2 is 1.79 bits per heavy atom. The Labute approximate surface area is 154 Å². The Balaban J connectivity index is 1.77. The molecular formula is C16H14Cl2FN3OS. The van der Waals surface area contributed by atoms with E-state index in [9.17, 15) is 9.18 Å². The van der Waals surface area contributed by atoms with Crippen molar-refractivity contribution >= 4 is 46.4 Å². The molecule has 0 saturated carbocycles. The van der Waals surface area contributed by atoms with Crippen molar-refractivity contribution in [3.8, 4) is 0 Å². The lowest BCUT2D eigenvalue weighted by atomic mass is 10.1. The number of halogens is 3. The van der Waals surface area contributed by atoms with Gasteiger partial charge in [-0.25, -0.2) is 4.39 Å². The molecule has 3 N–H and O–H groups in total. The monoisotopic (exact) mass is 385 g/mol. The van der Waals surface area contributed by atoms with Crippen molar-refractivity contribution in [2.24, 2.45) is 0 Å². The molecule has 0 saturated heterocycles. The third-order valence-corrected chi connectivity index (χ3v) is 3.93. The van der Waals surface area contributed by atoms with E-state index in [0.717, 1.165) is 5.56 Å². The van der Waals surface area contributed by atoms with Crippen molar-refractivity contribution in [2.45, 2.75) is 13.0 Å². The molecule has 0 radical (unpaired) electrons. The molecule has 2 aromatic rings. The lowest BCUT2D eigenvalue weighted by molar-refractivity contribution is -0.121. The van der Waals surface area contributed by atoms with Crippen LogP contribution in [0, 0.1) is 5.82 Å². The van der Waals surface area contributed by atoms with E-state index in [1.165, 1.54) is 18.2 Å². The number of hydrazine groups is 1. The molecule has 0 aliphatic heterocycles. The van der Waals surface area contributed by atoms with Crippen LogP contribution < -0.4 is 16.2 Å². The van der Waals surface area contributed by atoms with Crippen molar-refractivity contribution in [1.82, 2.24) is 16.2 Å². The van der Waals surface area contributed by atoms with Gasteiger partial charge in [-0.2, -0.15) is 0 Å². The maximum absolute atomic E-state index is 13.6. The van der Waals surface area contributed by atoms with Crippen LogP contribution >= 0.6 is 35.4 Å². The van der Waals surface area contributed by atoms with Gasteiger partial charge in [-0.3, -0.25) is 15.6 Å². The molecular weight excluding hydrogens is 372 g/mol. The van der Waals surface area contributed by atoms with Gasteiger partial charge >= 0.3 is 0 Å². The number of amides is 1. The smallest absolute Gasteiger partial charge is 0.242 e. The lowest BCUT2D eigenvalue weighted by Crippen LogP contribution is -2.47. The van der Waals surface area contributed by atoms with Crippen LogP contribution in [0.2, 0.25) is 10.0 Å². The molecule has 4 nitrogen and oxygen atoms in total. The van der Waals surface area contributed by atoms with Gasteiger partial charge in [0.05, 0.1) is 6.42 Å². The standard InChI is InChI=1S/C16H14Cl2FN3OS/c17-11-6-4-10(5-7-11)9-20-16(24)22-21-15(23)8-12-13(18)2-1-3-14(12)19/h1-7H,8-9H2,(H,21,23)(H2,20,22,24). The van der Waals surface area contributed by atoms with Crippen LogP contribution in [0.4, 0.5) is 4.39 Å². The number of hydrogen-bond acceptors (Lipinski definition) is 2. The minimum Gasteiger partial charge on any atom is -0.357 e. The maximum atomic E-state index is 13.6. The number of thiocarbonyl (C=S) groups is 1. The molecule has 2 aromatic carbocycles. The van der Waals surface area contributed by atoms with Crippen LogP contribution in [0.5, 0.6) is 0 Å². The number of carbonyl (C=O) groups is 1. The fourth-order valence-corrected chi connectivity index (χ4v) is 2.34. The average molecular weight is 386 g/mol. The van der Waals surface area contributed by atoms with E-state index in [2.05, 4.69) is 16.2 Å². The van der Waals surface area contributed by atoms with Gasteiger partial charge in [0.15, 0.2) is 5.11 Å². The minimum atomic E-state index is -0.527. The summed E-state index contributed by atoms with van der Waals surface area (Å²) in [6.45, 7) is 0.470. The van der Waals surface area contributed by atoms with E-state index in [1.807, 2.05) is 12.1 Å². The first kappa shape index (κ1) is 18.4. The van der Waals surface area contributed by atoms with Gasteiger partial charge in [0, 0.05) is 22.2 Å². The first-order chi connectivity index (χ1) is 11.5. The van der Waals surface area contributed by atoms with Gasteiger partial charge in [0.1, 0.15) is 5.82 Å². The second-order valence-corrected chi connectivity index (χ2v) is 6.11. The van der Waals surface area contributed by atoms with Crippen molar-refractivity contribution < 1.29 is 9.18 Å². The summed E-state index contributed by atoms with van der Waals surface area (Å²) in [5, 5.41) is 4.01. The maximum Gasteiger partial charge on any atom is 0.242 e. The summed E-state index contributed by atoms with van der Waals surface area (Å²) in [6, 6.07) is 11.5. The zero-order valence-corrected chi connectivity index (χ0v) is 14.7. The van der Waals surface area contributed by atoms with Crippen LogP contribution in [-0.2, 0) is 17.8 Å². The van der Waals surface area contributed by atoms with E-state index in [4.69, 9.17) is 35.4 Å². The van der Waals surface area contributed by atoms with Crippen LogP contribution in [0.25, 0.3) is 0 Å². The molecule has 126 valence electrons. The normalized spacial score (nSPS) is 10.1. The highest BCUT2D eigenvalue weighted by atomic mass is 35.5. The number of nitrogens with one attached hydrogen (secondary N) is 3. The molecule has 0 spiro atoms. The second kappa shape index (κ2) is 8.82. The van der Waals surface area contributed by atoms with Gasteiger partial charge < -0.3 is 5.32 Å². The quantitative estimate of drug-likeness (QED) is 0.557. The molecule has 0 bridgehead atoms. The Morgan fingerprint density at radius 3 is 2.46 bits per heavy atom. The molecule has 0 fully saturated rings. The number of benzene rings is 2. The second-order valence-electron chi connectivity index (χ2n) is 4.86. The minimum absolute atomic E-state index is 0.138. The Bertz CT molecular complexity index is 720. The van der Waals surface area contributed by atoms with Crippen molar-refractivity contribution in [2.75, 3.05) is 0 Å². The molecule has 0 unspecified atom stereocenters. The van der Waals surface area contributed by atoms with Gasteiger partial charge in [0.2, 0.25) is 5.91 Å². The molecule has 0 heterocycles. The summed E-state index contributed by atoms with van der Waals surface area (Å²) in [4.78, 5) is 11.8. The van der Waals surface area contributed by atoms with Crippen LogP contribution in [-0.4, -0.2) is 11.0 Å². The van der Waals surface area contributed by atoms with Gasteiger partial charge in [-0.1, -0.05) is 41.4 Å². The average Bonchev–Trinajstić information content (AvgIpc) is 2.56. The molecule has 0 aromatic heterocycles. The summed E-state index contributed by atoms with van der Waals surface area (Å²) >= 11 is 16.7. The van der Waals surface area contributed by atoms with Crippen LogP contribution in [0.15, 0.2) is 42.5 Å². The first-order valence-electron chi connectivity index (χ1n) is 6.95. The highest BCUT2D eigenvalue weighted by molar-refractivity contribution is 7.80. The molecule has 0 aliphatic rings. The van der Waals surface area contributed by atoms with Crippen LogP contribution in [0.1, 0.15) is 11.1 Å². The van der Waals surface area contributed by atoms with Crippen molar-refractivity contribution in [3.63, 3.8) is 0 Å². The van der Waals surface area contributed by atoms with E-state index < -0.39 is 11.7 Å². The summed E-state index contributed by atoms with van der Waals surface area (Å²) in [7, 11) is 0. The topological polar surface area (TPSA) is 53.2 Å². The molecule has 24 heavy (non-hydrogen) atoms.